The number of aromatic nitrogens is 3. The first kappa shape index (κ1) is 18.4. The molecule has 0 amide bonds. The lowest BCUT2D eigenvalue weighted by Crippen LogP contribution is -2.41. The highest BCUT2D eigenvalue weighted by Gasteiger charge is 2.34. The van der Waals surface area contributed by atoms with Crippen molar-refractivity contribution >= 4 is 16.3 Å². The molecule has 1 saturated heterocycles. The van der Waals surface area contributed by atoms with E-state index in [1.54, 1.807) is 6.07 Å². The second kappa shape index (κ2) is 7.20. The van der Waals surface area contributed by atoms with E-state index in [-0.39, 0.29) is 17.7 Å². The lowest BCUT2D eigenvalue weighted by molar-refractivity contribution is 0.110. The second-order valence-corrected chi connectivity index (χ2v) is 8.70. The fourth-order valence-electron chi connectivity index (χ4n) is 4.24. The Hall–Kier alpha value is -1.99. The fourth-order valence-corrected chi connectivity index (χ4v) is 5.37. The minimum absolute atomic E-state index is 0.0707. The number of thiazole rings is 1. The van der Waals surface area contributed by atoms with Gasteiger partial charge in [0.05, 0.1) is 10.9 Å². The number of piperidine rings is 1. The van der Waals surface area contributed by atoms with Crippen molar-refractivity contribution in [3.05, 3.63) is 46.3 Å². The Bertz CT molecular complexity index is 943. The van der Waals surface area contributed by atoms with Crippen molar-refractivity contribution in [3.8, 4) is 5.88 Å². The van der Waals surface area contributed by atoms with Crippen molar-refractivity contribution in [1.82, 2.24) is 19.5 Å². The minimum Gasteiger partial charge on any atom is -0.492 e. The van der Waals surface area contributed by atoms with Gasteiger partial charge in [0.15, 0.2) is 5.82 Å². The van der Waals surface area contributed by atoms with Gasteiger partial charge in [-0.2, -0.15) is 4.52 Å². The Kier molecular flexibility index (Phi) is 4.90. The molecule has 1 aliphatic heterocycles. The van der Waals surface area contributed by atoms with E-state index in [1.807, 2.05) is 19.1 Å². The lowest BCUT2D eigenvalue weighted by atomic mass is 9.89. The largest absolute Gasteiger partial charge is 0.492 e. The van der Waals surface area contributed by atoms with Gasteiger partial charge in [-0.3, -0.25) is 4.90 Å². The van der Waals surface area contributed by atoms with Crippen LogP contribution in [-0.4, -0.2) is 37.7 Å². The highest BCUT2D eigenvalue weighted by Crippen LogP contribution is 2.42. The van der Waals surface area contributed by atoms with E-state index in [2.05, 4.69) is 28.8 Å². The average molecular weight is 389 g/mol. The third-order valence-corrected chi connectivity index (χ3v) is 6.34. The molecule has 27 heavy (non-hydrogen) atoms. The van der Waals surface area contributed by atoms with Crippen LogP contribution in [0.3, 0.4) is 0 Å². The van der Waals surface area contributed by atoms with Crippen LogP contribution in [0.15, 0.2) is 24.3 Å². The number of halogens is 1. The molecule has 7 heteroatoms. The van der Waals surface area contributed by atoms with E-state index >= 15 is 0 Å². The monoisotopic (exact) mass is 388 g/mol. The molecule has 1 fully saturated rings. The Balaban J connectivity index is 1.84. The fraction of sp³-hybridized carbons (Fsp3) is 0.500. The molecule has 0 saturated carbocycles. The molecule has 0 radical (unpaired) electrons. The molecule has 0 aliphatic carbocycles. The molecule has 3 unspecified atom stereocenters. The molecule has 4 rings (SSSR count). The van der Waals surface area contributed by atoms with Gasteiger partial charge in [0.2, 0.25) is 10.8 Å². The third kappa shape index (κ3) is 3.34. The molecule has 2 aromatic heterocycles. The summed E-state index contributed by atoms with van der Waals surface area (Å²) in [6.45, 7) is 8.19. The topological polar surface area (TPSA) is 53.7 Å². The molecular weight excluding hydrogens is 363 g/mol. The van der Waals surface area contributed by atoms with Crippen LogP contribution >= 0.6 is 11.3 Å². The standard InChI is InChI=1S/C20H25FN4OS/c1-4-16-22-20-25(23-16)19(26)18(27-20)17(14-7-5-6-8-15(14)21)24-10-12(2)9-13(3)11-24/h5-8,12-13,17,26H,4,9-11H2,1-3H3. The van der Waals surface area contributed by atoms with Crippen molar-refractivity contribution in [1.29, 1.82) is 0 Å². The third-order valence-electron chi connectivity index (χ3n) is 5.27. The van der Waals surface area contributed by atoms with Crippen LogP contribution in [0, 0.1) is 17.7 Å². The number of hydrogen-bond donors (Lipinski definition) is 1. The molecule has 1 N–H and O–H groups in total. The number of likely N-dealkylation sites (tertiary alicyclic amines) is 1. The molecule has 1 aliphatic rings. The van der Waals surface area contributed by atoms with Gasteiger partial charge in [-0.15, -0.1) is 5.10 Å². The minimum atomic E-state index is -0.338. The number of rotatable bonds is 4. The molecule has 3 heterocycles. The Morgan fingerprint density at radius 3 is 2.59 bits per heavy atom. The summed E-state index contributed by atoms with van der Waals surface area (Å²) in [4.78, 5) is 8.14. The van der Waals surface area contributed by atoms with Gasteiger partial charge in [0.1, 0.15) is 5.82 Å². The number of fused-ring (bicyclic) bond motifs is 1. The lowest BCUT2D eigenvalue weighted by Gasteiger charge is -2.40. The maximum absolute atomic E-state index is 14.8. The van der Waals surface area contributed by atoms with Gasteiger partial charge in [-0.25, -0.2) is 9.37 Å². The Labute approximate surface area is 162 Å². The van der Waals surface area contributed by atoms with E-state index in [1.165, 1.54) is 28.3 Å². The van der Waals surface area contributed by atoms with Crippen LogP contribution < -0.4 is 0 Å². The number of nitrogens with zero attached hydrogens (tertiary/aromatic N) is 4. The number of aromatic hydroxyl groups is 1. The van der Waals surface area contributed by atoms with Crippen molar-refractivity contribution in [2.75, 3.05) is 13.1 Å². The molecule has 5 nitrogen and oxygen atoms in total. The first-order valence-corrected chi connectivity index (χ1v) is 10.3. The zero-order chi connectivity index (χ0) is 19.1. The summed E-state index contributed by atoms with van der Waals surface area (Å²) in [5.41, 5.74) is 0.592. The summed E-state index contributed by atoms with van der Waals surface area (Å²) >= 11 is 1.40. The molecular formula is C20H25FN4OS. The molecule has 144 valence electrons. The average Bonchev–Trinajstić information content (AvgIpc) is 3.16. The van der Waals surface area contributed by atoms with Crippen molar-refractivity contribution in [3.63, 3.8) is 0 Å². The smallest absolute Gasteiger partial charge is 0.230 e. The second-order valence-electron chi connectivity index (χ2n) is 7.69. The summed E-state index contributed by atoms with van der Waals surface area (Å²) in [6.07, 6.45) is 1.88. The summed E-state index contributed by atoms with van der Waals surface area (Å²) in [7, 11) is 0. The maximum atomic E-state index is 14.8. The van der Waals surface area contributed by atoms with Gasteiger partial charge in [0.25, 0.3) is 0 Å². The summed E-state index contributed by atoms with van der Waals surface area (Å²) < 4.78 is 16.3. The highest BCUT2D eigenvalue weighted by atomic mass is 32.1. The van der Waals surface area contributed by atoms with Gasteiger partial charge in [-0.05, 0) is 24.3 Å². The first-order valence-electron chi connectivity index (χ1n) is 9.53. The summed E-state index contributed by atoms with van der Waals surface area (Å²) in [5.74, 6) is 1.58. The van der Waals surface area contributed by atoms with Crippen molar-refractivity contribution in [2.45, 2.75) is 39.7 Å². The van der Waals surface area contributed by atoms with E-state index in [0.29, 0.717) is 39.5 Å². The van der Waals surface area contributed by atoms with E-state index < -0.39 is 0 Å². The van der Waals surface area contributed by atoms with Gasteiger partial charge in [0, 0.05) is 25.1 Å². The number of benzene rings is 1. The molecule has 3 atom stereocenters. The van der Waals surface area contributed by atoms with Gasteiger partial charge >= 0.3 is 0 Å². The van der Waals surface area contributed by atoms with Gasteiger partial charge in [-0.1, -0.05) is 50.3 Å². The zero-order valence-electron chi connectivity index (χ0n) is 15.9. The van der Waals surface area contributed by atoms with E-state index in [9.17, 15) is 9.50 Å². The Morgan fingerprint density at radius 2 is 1.96 bits per heavy atom. The normalized spacial score (nSPS) is 22.4. The van der Waals surface area contributed by atoms with Crippen molar-refractivity contribution < 1.29 is 9.50 Å². The zero-order valence-corrected chi connectivity index (χ0v) is 16.7. The van der Waals surface area contributed by atoms with Crippen LogP contribution in [0.4, 0.5) is 4.39 Å². The van der Waals surface area contributed by atoms with Crippen LogP contribution in [0.2, 0.25) is 0 Å². The predicted molar refractivity (Wildman–Crippen MR) is 105 cm³/mol. The molecule has 0 spiro atoms. The van der Waals surface area contributed by atoms with Crippen LogP contribution in [0.1, 0.15) is 49.5 Å². The molecule has 1 aromatic carbocycles. The highest BCUT2D eigenvalue weighted by molar-refractivity contribution is 7.17. The molecule has 3 aromatic rings. The van der Waals surface area contributed by atoms with Gasteiger partial charge < -0.3 is 5.11 Å². The van der Waals surface area contributed by atoms with Crippen LogP contribution in [0.25, 0.3) is 4.96 Å². The Morgan fingerprint density at radius 1 is 1.26 bits per heavy atom. The molecule has 0 bridgehead atoms. The number of hydrogen-bond acceptors (Lipinski definition) is 5. The maximum Gasteiger partial charge on any atom is 0.230 e. The first-order chi connectivity index (χ1) is 13.0. The van der Waals surface area contributed by atoms with E-state index in [4.69, 9.17) is 0 Å². The summed E-state index contributed by atoms with van der Waals surface area (Å²) in [5, 5.41) is 15.3. The van der Waals surface area contributed by atoms with Crippen LogP contribution in [-0.2, 0) is 6.42 Å². The number of aryl methyl sites for hydroxylation is 1. The quantitative estimate of drug-likeness (QED) is 0.725. The summed E-state index contributed by atoms with van der Waals surface area (Å²) in [6, 6.07) is 6.52. The SMILES string of the molecule is CCc1nc2sc(C(c3ccccc3F)N3CC(C)CC(C)C3)c(O)n2n1. The van der Waals surface area contributed by atoms with Crippen LogP contribution in [0.5, 0.6) is 5.88 Å². The van der Waals surface area contributed by atoms with Crippen molar-refractivity contribution in [2.24, 2.45) is 11.8 Å². The van der Waals surface area contributed by atoms with E-state index in [0.717, 1.165) is 13.1 Å². The predicted octanol–water partition coefficient (Wildman–Crippen LogP) is 4.27.